The minimum absolute atomic E-state index is 0.0688. The smallest absolute Gasteiger partial charge is 0.239 e. The second-order valence-corrected chi connectivity index (χ2v) is 9.88. The van der Waals surface area contributed by atoms with Crippen molar-refractivity contribution in [2.45, 2.75) is 26.4 Å². The average molecular weight is 553 g/mol. The van der Waals surface area contributed by atoms with Crippen molar-refractivity contribution in [2.24, 2.45) is 0 Å². The number of hydrogen-bond donors (Lipinski definition) is 1. The summed E-state index contributed by atoms with van der Waals surface area (Å²) >= 11 is 3.45. The maximum atomic E-state index is 14.1. The molecular weight excluding hydrogens is 527 g/mol. The summed E-state index contributed by atoms with van der Waals surface area (Å²) in [7, 11) is 1.95. The van der Waals surface area contributed by atoms with E-state index in [1.165, 1.54) is 12.4 Å². The molecule has 11 heteroatoms. The van der Waals surface area contributed by atoms with Crippen molar-refractivity contribution < 1.29 is 9.18 Å². The molecule has 1 N–H and O–H groups in total. The van der Waals surface area contributed by atoms with E-state index in [1.807, 2.05) is 37.2 Å². The van der Waals surface area contributed by atoms with E-state index >= 15 is 0 Å². The minimum Gasteiger partial charge on any atom is -0.353 e. The molecule has 4 aromatic rings. The number of nitrogens with zero attached hydrogens (tertiary/aromatic N) is 7. The standard InChI is InChI=1S/C25H26BrFN8O/c1-15-4-5-18(9-21(15)27)35-12-19-23(32-35)30-14-31-24(19)34-7-6-33(3)22(13-34)25(36)29-10-17-8-16(2)20(26)11-28-17/h4-5,8-9,11-12,14,22H,6-7,10,13H2,1-3H3,(H,29,36)/t22-/m1/s1. The summed E-state index contributed by atoms with van der Waals surface area (Å²) in [6.07, 6.45) is 5.03. The lowest BCUT2D eigenvalue weighted by Gasteiger charge is -2.39. The normalized spacial score (nSPS) is 16.5. The Hall–Kier alpha value is -3.44. The molecular formula is C25H26BrFN8O. The van der Waals surface area contributed by atoms with Crippen LogP contribution in [0.1, 0.15) is 16.8 Å². The molecule has 0 saturated carbocycles. The van der Waals surface area contributed by atoms with Crippen molar-refractivity contribution in [1.82, 2.24) is 34.9 Å². The number of amides is 1. The van der Waals surface area contributed by atoms with Crippen molar-refractivity contribution in [3.63, 3.8) is 0 Å². The minimum atomic E-state index is -0.360. The maximum Gasteiger partial charge on any atom is 0.239 e. The first-order chi connectivity index (χ1) is 17.3. The summed E-state index contributed by atoms with van der Waals surface area (Å²) < 4.78 is 16.7. The number of carbonyl (C=O) groups excluding carboxylic acids is 1. The molecule has 1 atom stereocenters. The molecule has 5 rings (SSSR count). The summed E-state index contributed by atoms with van der Waals surface area (Å²) in [5, 5.41) is 8.29. The zero-order valence-electron chi connectivity index (χ0n) is 20.2. The quantitative estimate of drug-likeness (QED) is 0.406. The first-order valence-electron chi connectivity index (χ1n) is 11.6. The molecule has 0 spiro atoms. The van der Waals surface area contributed by atoms with E-state index in [9.17, 15) is 9.18 Å². The topological polar surface area (TPSA) is 92.1 Å². The number of rotatable bonds is 5. The molecule has 0 aliphatic carbocycles. The van der Waals surface area contributed by atoms with Gasteiger partial charge in [0.15, 0.2) is 5.65 Å². The van der Waals surface area contributed by atoms with E-state index in [1.54, 1.807) is 23.9 Å². The second-order valence-electron chi connectivity index (χ2n) is 9.03. The summed E-state index contributed by atoms with van der Waals surface area (Å²) in [6, 6.07) is 6.58. The fourth-order valence-corrected chi connectivity index (χ4v) is 4.49. The van der Waals surface area contributed by atoms with Gasteiger partial charge in [0.1, 0.15) is 24.0 Å². The van der Waals surface area contributed by atoms with Crippen LogP contribution in [0.25, 0.3) is 16.7 Å². The first-order valence-corrected chi connectivity index (χ1v) is 12.4. The van der Waals surface area contributed by atoms with Gasteiger partial charge in [-0.25, -0.2) is 19.0 Å². The number of hydrogen-bond acceptors (Lipinski definition) is 7. The molecule has 3 aromatic heterocycles. The molecule has 1 amide bonds. The van der Waals surface area contributed by atoms with Crippen molar-refractivity contribution in [1.29, 1.82) is 0 Å². The molecule has 1 aliphatic rings. The lowest BCUT2D eigenvalue weighted by Crippen LogP contribution is -2.57. The van der Waals surface area contributed by atoms with Crippen LogP contribution in [0.3, 0.4) is 0 Å². The number of benzene rings is 1. The number of anilines is 1. The van der Waals surface area contributed by atoms with Crippen LogP contribution < -0.4 is 10.2 Å². The van der Waals surface area contributed by atoms with Crippen molar-refractivity contribution in [3.05, 3.63) is 70.1 Å². The lowest BCUT2D eigenvalue weighted by molar-refractivity contribution is -0.126. The highest BCUT2D eigenvalue weighted by atomic mass is 79.9. The Morgan fingerprint density at radius 3 is 2.78 bits per heavy atom. The van der Waals surface area contributed by atoms with Gasteiger partial charge in [0.25, 0.3) is 0 Å². The van der Waals surface area contributed by atoms with Gasteiger partial charge in [-0.05, 0) is 66.2 Å². The molecule has 0 unspecified atom stereocenters. The number of aryl methyl sites for hydroxylation is 2. The van der Waals surface area contributed by atoms with Crippen LogP contribution in [0, 0.1) is 19.7 Å². The Morgan fingerprint density at radius 2 is 2.00 bits per heavy atom. The van der Waals surface area contributed by atoms with Crippen LogP contribution in [-0.2, 0) is 11.3 Å². The van der Waals surface area contributed by atoms with Gasteiger partial charge in [0, 0.05) is 36.5 Å². The monoisotopic (exact) mass is 552 g/mol. The Labute approximate surface area is 216 Å². The first kappa shape index (κ1) is 24.3. The average Bonchev–Trinajstić information content (AvgIpc) is 3.31. The number of fused-ring (bicyclic) bond motifs is 1. The van der Waals surface area contributed by atoms with E-state index in [0.717, 1.165) is 21.1 Å². The predicted molar refractivity (Wildman–Crippen MR) is 139 cm³/mol. The number of pyridine rings is 1. The van der Waals surface area contributed by atoms with Crippen molar-refractivity contribution in [3.8, 4) is 5.69 Å². The van der Waals surface area contributed by atoms with Gasteiger partial charge < -0.3 is 10.2 Å². The third-order valence-electron chi connectivity index (χ3n) is 6.51. The molecule has 1 fully saturated rings. The number of halogens is 2. The SMILES string of the molecule is Cc1ccc(-n2cc3c(N4CCN(C)[C@@H](C(=O)NCc5cc(C)c(Br)cn5)C4)ncnc3n2)cc1F. The second kappa shape index (κ2) is 9.90. The Morgan fingerprint density at radius 1 is 1.17 bits per heavy atom. The van der Waals surface area contributed by atoms with Crippen LogP contribution in [0.15, 0.2) is 47.5 Å². The number of piperazine rings is 1. The fraction of sp³-hybridized carbons (Fsp3) is 0.320. The summed E-state index contributed by atoms with van der Waals surface area (Å²) in [5.74, 6) is 0.343. The Bertz CT molecular complexity index is 1440. The molecule has 1 aromatic carbocycles. The highest BCUT2D eigenvalue weighted by molar-refractivity contribution is 9.10. The summed E-state index contributed by atoms with van der Waals surface area (Å²) in [6.45, 7) is 5.92. The van der Waals surface area contributed by atoms with E-state index in [4.69, 9.17) is 0 Å². The van der Waals surface area contributed by atoms with Gasteiger partial charge >= 0.3 is 0 Å². The molecule has 36 heavy (non-hydrogen) atoms. The number of likely N-dealkylation sites (N-methyl/N-ethyl adjacent to an activating group) is 1. The van der Waals surface area contributed by atoms with E-state index in [-0.39, 0.29) is 17.8 Å². The van der Waals surface area contributed by atoms with Gasteiger partial charge in [-0.1, -0.05) is 6.07 Å². The number of aromatic nitrogens is 5. The van der Waals surface area contributed by atoms with Crippen LogP contribution in [0.5, 0.6) is 0 Å². The molecule has 9 nitrogen and oxygen atoms in total. The molecule has 4 heterocycles. The van der Waals surface area contributed by atoms with Gasteiger partial charge in [-0.3, -0.25) is 14.7 Å². The third-order valence-corrected chi connectivity index (χ3v) is 7.34. The molecule has 0 bridgehead atoms. The fourth-order valence-electron chi connectivity index (χ4n) is 4.27. The predicted octanol–water partition coefficient (Wildman–Crippen LogP) is 3.17. The molecule has 0 radical (unpaired) electrons. The van der Waals surface area contributed by atoms with Gasteiger partial charge in [0.05, 0.1) is 23.3 Å². The van der Waals surface area contributed by atoms with Gasteiger partial charge in [-0.2, -0.15) is 0 Å². The molecule has 1 saturated heterocycles. The Balaban J connectivity index is 1.35. The third kappa shape index (κ3) is 4.80. The molecule has 1 aliphatic heterocycles. The highest BCUT2D eigenvalue weighted by Crippen LogP contribution is 2.26. The van der Waals surface area contributed by atoms with E-state index in [0.29, 0.717) is 48.9 Å². The highest BCUT2D eigenvalue weighted by Gasteiger charge is 2.31. The Kier molecular flexibility index (Phi) is 6.67. The van der Waals surface area contributed by atoms with E-state index in [2.05, 4.69) is 46.2 Å². The lowest BCUT2D eigenvalue weighted by atomic mass is 10.1. The maximum absolute atomic E-state index is 14.1. The van der Waals surface area contributed by atoms with Crippen molar-refractivity contribution >= 4 is 38.7 Å². The number of carbonyl (C=O) groups is 1. The zero-order valence-corrected chi connectivity index (χ0v) is 21.8. The number of nitrogens with one attached hydrogen (secondary N) is 1. The van der Waals surface area contributed by atoms with Crippen LogP contribution in [0.2, 0.25) is 0 Å². The summed E-state index contributed by atoms with van der Waals surface area (Å²) in [5.41, 5.74) is 3.56. The van der Waals surface area contributed by atoms with E-state index < -0.39 is 0 Å². The van der Waals surface area contributed by atoms with Crippen LogP contribution in [-0.4, -0.2) is 68.3 Å². The van der Waals surface area contributed by atoms with Gasteiger partial charge in [0.2, 0.25) is 5.91 Å². The molecule has 186 valence electrons. The van der Waals surface area contributed by atoms with Gasteiger partial charge in [-0.15, -0.1) is 5.10 Å². The summed E-state index contributed by atoms with van der Waals surface area (Å²) in [4.78, 5) is 30.4. The van der Waals surface area contributed by atoms with Crippen LogP contribution >= 0.6 is 15.9 Å². The van der Waals surface area contributed by atoms with Crippen molar-refractivity contribution in [2.75, 3.05) is 31.6 Å². The largest absolute Gasteiger partial charge is 0.353 e. The van der Waals surface area contributed by atoms with Crippen LogP contribution in [0.4, 0.5) is 10.2 Å². The zero-order chi connectivity index (χ0) is 25.4.